The third kappa shape index (κ3) is 3.41. The normalized spacial score (nSPS) is 11.9. The van der Waals surface area contributed by atoms with Crippen LogP contribution in [0.4, 0.5) is 0 Å². The molecule has 0 bridgehead atoms. The van der Waals surface area contributed by atoms with Crippen LogP contribution in [0.15, 0.2) is 9.00 Å². The molecule has 0 aromatic carbocycles. The van der Waals surface area contributed by atoms with Crippen LogP contribution < -0.4 is 9.60 Å². The van der Waals surface area contributed by atoms with E-state index in [0.717, 1.165) is 0 Å². The molecule has 1 aromatic rings. The van der Waals surface area contributed by atoms with Crippen LogP contribution in [0.1, 0.15) is 12.6 Å². The molecule has 16 heavy (non-hydrogen) atoms. The fourth-order valence-electron chi connectivity index (χ4n) is 1.10. The molecule has 0 saturated carbocycles. The van der Waals surface area contributed by atoms with Crippen LogP contribution >= 0.6 is 11.3 Å². The van der Waals surface area contributed by atoms with Crippen LogP contribution in [0.3, 0.4) is 0 Å². The van der Waals surface area contributed by atoms with Gasteiger partial charge in [-0.2, -0.15) is 0 Å². The first-order valence-electron chi connectivity index (χ1n) is 4.74. The van der Waals surface area contributed by atoms with Gasteiger partial charge >= 0.3 is 4.87 Å². The molecule has 0 spiro atoms. The van der Waals surface area contributed by atoms with Crippen LogP contribution in [0.5, 0.6) is 0 Å². The van der Waals surface area contributed by atoms with Gasteiger partial charge in [-0.3, -0.25) is 4.79 Å². The number of aryl methyl sites for hydroxylation is 1. The van der Waals surface area contributed by atoms with Crippen molar-refractivity contribution in [2.24, 2.45) is 0 Å². The van der Waals surface area contributed by atoms with Gasteiger partial charge in [0.1, 0.15) is 0 Å². The Balaban J connectivity index is 2.71. The Morgan fingerprint density at radius 2 is 2.19 bits per heavy atom. The molecular formula is C8H14N2O4S2. The van der Waals surface area contributed by atoms with Crippen LogP contribution in [-0.2, 0) is 14.8 Å². The monoisotopic (exact) mass is 266 g/mol. The van der Waals surface area contributed by atoms with Gasteiger partial charge in [0.05, 0.1) is 6.61 Å². The first-order valence-corrected chi connectivity index (χ1v) is 7.04. The third-order valence-corrected chi connectivity index (χ3v) is 4.83. The van der Waals surface area contributed by atoms with Gasteiger partial charge < -0.3 is 9.72 Å². The van der Waals surface area contributed by atoms with Gasteiger partial charge in [0.15, 0.2) is 4.21 Å². The van der Waals surface area contributed by atoms with E-state index in [9.17, 15) is 13.2 Å². The number of rotatable bonds is 6. The summed E-state index contributed by atoms with van der Waals surface area (Å²) in [4.78, 5) is 13.0. The van der Waals surface area contributed by atoms with Crippen LogP contribution in [0, 0.1) is 6.92 Å². The predicted molar refractivity (Wildman–Crippen MR) is 61.4 cm³/mol. The van der Waals surface area contributed by atoms with Crippen molar-refractivity contribution in [3.05, 3.63) is 15.4 Å². The molecule has 1 heterocycles. The van der Waals surface area contributed by atoms with Crippen LogP contribution in [-0.4, -0.2) is 33.2 Å². The van der Waals surface area contributed by atoms with Gasteiger partial charge in [0.25, 0.3) is 10.0 Å². The van der Waals surface area contributed by atoms with E-state index in [-0.39, 0.29) is 15.6 Å². The van der Waals surface area contributed by atoms with Gasteiger partial charge in [-0.15, -0.1) is 0 Å². The first-order chi connectivity index (χ1) is 7.47. The second-order valence-electron chi connectivity index (χ2n) is 3.02. The van der Waals surface area contributed by atoms with Crippen molar-refractivity contribution in [3.63, 3.8) is 0 Å². The van der Waals surface area contributed by atoms with Crippen LogP contribution in [0.2, 0.25) is 0 Å². The van der Waals surface area contributed by atoms with Crippen molar-refractivity contribution in [1.29, 1.82) is 0 Å². The molecular weight excluding hydrogens is 252 g/mol. The Morgan fingerprint density at radius 1 is 1.50 bits per heavy atom. The van der Waals surface area contributed by atoms with Gasteiger partial charge in [-0.05, 0) is 13.8 Å². The van der Waals surface area contributed by atoms with Gasteiger partial charge in [0, 0.05) is 18.8 Å². The lowest BCUT2D eigenvalue weighted by molar-refractivity contribution is 0.153. The zero-order valence-electron chi connectivity index (χ0n) is 9.07. The molecule has 6 nitrogen and oxygen atoms in total. The largest absolute Gasteiger partial charge is 0.380 e. The molecule has 0 aliphatic rings. The van der Waals surface area contributed by atoms with E-state index >= 15 is 0 Å². The summed E-state index contributed by atoms with van der Waals surface area (Å²) in [5.74, 6) is 0. The molecule has 0 unspecified atom stereocenters. The highest BCUT2D eigenvalue weighted by Gasteiger charge is 2.19. The number of nitrogens with one attached hydrogen (secondary N) is 2. The minimum atomic E-state index is -3.59. The Kier molecular flexibility index (Phi) is 4.66. The maximum atomic E-state index is 11.7. The fraction of sp³-hybridized carbons (Fsp3) is 0.625. The standard InChI is InChI=1S/C8H14N2O4S2/c1-3-14-5-4-9-16(12,13)7-6(2)10-8(11)15-7/h9H,3-5H2,1-2H3,(H,10,11). The molecule has 0 radical (unpaired) electrons. The molecule has 0 fully saturated rings. The fourth-order valence-corrected chi connectivity index (χ4v) is 3.46. The maximum Gasteiger partial charge on any atom is 0.305 e. The molecule has 0 aliphatic carbocycles. The molecule has 1 rings (SSSR count). The smallest absolute Gasteiger partial charge is 0.305 e. The molecule has 92 valence electrons. The number of thiazole rings is 1. The molecule has 2 N–H and O–H groups in total. The predicted octanol–water partition coefficient (Wildman–Crippen LogP) is 0.0596. The number of ether oxygens (including phenoxy) is 1. The van der Waals surface area contributed by atoms with Crippen molar-refractivity contribution in [3.8, 4) is 0 Å². The summed E-state index contributed by atoms with van der Waals surface area (Å²) in [7, 11) is -3.59. The quantitative estimate of drug-likeness (QED) is 0.713. The second-order valence-corrected chi connectivity index (χ2v) is 5.97. The van der Waals surface area contributed by atoms with E-state index < -0.39 is 10.0 Å². The van der Waals surface area contributed by atoms with Gasteiger partial charge in [-0.1, -0.05) is 11.3 Å². The van der Waals surface area contributed by atoms with Crippen molar-refractivity contribution in [2.45, 2.75) is 18.1 Å². The molecule has 0 amide bonds. The first kappa shape index (κ1) is 13.4. The summed E-state index contributed by atoms with van der Waals surface area (Å²) < 4.78 is 30.8. The Bertz CT molecular complexity index is 488. The van der Waals surface area contributed by atoms with Crippen molar-refractivity contribution < 1.29 is 13.2 Å². The van der Waals surface area contributed by atoms with Crippen molar-refractivity contribution in [1.82, 2.24) is 9.71 Å². The van der Waals surface area contributed by atoms with Crippen molar-refractivity contribution >= 4 is 21.4 Å². The number of aromatic nitrogens is 1. The molecule has 1 aromatic heterocycles. The highest BCUT2D eigenvalue weighted by Crippen LogP contribution is 2.14. The Hall–Kier alpha value is -0.700. The average Bonchev–Trinajstić information content (AvgIpc) is 2.53. The second kappa shape index (κ2) is 5.58. The average molecular weight is 266 g/mol. The summed E-state index contributed by atoms with van der Waals surface area (Å²) in [5.41, 5.74) is 0.360. The molecule has 0 aliphatic heterocycles. The molecule has 8 heteroatoms. The summed E-state index contributed by atoms with van der Waals surface area (Å²) in [6.45, 7) is 4.43. The van der Waals surface area contributed by atoms with Crippen molar-refractivity contribution in [2.75, 3.05) is 19.8 Å². The minimum absolute atomic E-state index is 0.0361. The minimum Gasteiger partial charge on any atom is -0.380 e. The van der Waals surface area contributed by atoms with Gasteiger partial charge in [0.2, 0.25) is 0 Å². The lowest BCUT2D eigenvalue weighted by atomic mass is 10.6. The highest BCUT2D eigenvalue weighted by atomic mass is 32.2. The summed E-state index contributed by atoms with van der Waals surface area (Å²) in [6, 6.07) is 0. The summed E-state index contributed by atoms with van der Waals surface area (Å²) in [5, 5.41) is 0. The zero-order chi connectivity index (χ0) is 12.2. The topological polar surface area (TPSA) is 88.3 Å². The Morgan fingerprint density at radius 3 is 2.69 bits per heavy atom. The van der Waals surface area contributed by atoms with Gasteiger partial charge in [-0.25, -0.2) is 13.1 Å². The number of H-pyrrole nitrogens is 1. The highest BCUT2D eigenvalue weighted by molar-refractivity contribution is 7.91. The van der Waals surface area contributed by atoms with E-state index in [2.05, 4.69) is 9.71 Å². The van der Waals surface area contributed by atoms with Crippen LogP contribution in [0.25, 0.3) is 0 Å². The number of hydrogen-bond acceptors (Lipinski definition) is 5. The lowest BCUT2D eigenvalue weighted by Gasteiger charge is -2.04. The van der Waals surface area contributed by atoms with E-state index in [4.69, 9.17) is 4.74 Å². The van der Waals surface area contributed by atoms with E-state index in [1.54, 1.807) is 6.92 Å². The van der Waals surface area contributed by atoms with E-state index in [1.807, 2.05) is 6.92 Å². The zero-order valence-corrected chi connectivity index (χ0v) is 10.7. The number of sulfonamides is 1. The lowest BCUT2D eigenvalue weighted by Crippen LogP contribution is -2.27. The third-order valence-electron chi connectivity index (χ3n) is 1.77. The SMILES string of the molecule is CCOCCNS(=O)(=O)c1sc(=O)[nH]c1C. The molecule has 0 saturated heterocycles. The number of hydrogen-bond donors (Lipinski definition) is 2. The Labute approximate surface area is 97.7 Å². The van der Waals surface area contributed by atoms with E-state index in [0.29, 0.717) is 30.2 Å². The molecule has 0 atom stereocenters. The maximum absolute atomic E-state index is 11.7. The summed E-state index contributed by atoms with van der Waals surface area (Å²) in [6.07, 6.45) is 0. The van der Waals surface area contributed by atoms with E-state index in [1.165, 1.54) is 0 Å². The summed E-state index contributed by atoms with van der Waals surface area (Å²) >= 11 is 0.683. The number of aromatic amines is 1.